The Bertz CT molecular complexity index is 780. The highest BCUT2D eigenvalue weighted by atomic mass is 32.1. The number of aliphatic hydroxyl groups is 1. The Morgan fingerprint density at radius 2 is 1.88 bits per heavy atom. The van der Waals surface area contributed by atoms with Gasteiger partial charge >= 0.3 is 0 Å². The second-order valence-electron chi connectivity index (χ2n) is 6.37. The van der Waals surface area contributed by atoms with E-state index in [0.29, 0.717) is 6.42 Å². The molecule has 2 N–H and O–H groups in total. The number of carbonyl (C=O) groups is 1. The van der Waals surface area contributed by atoms with Crippen LogP contribution >= 0.6 is 11.3 Å². The van der Waals surface area contributed by atoms with Gasteiger partial charge in [0, 0.05) is 31.3 Å². The molecular formula is C19H20N2O3S. The van der Waals surface area contributed by atoms with Crippen LogP contribution < -0.4 is 10.2 Å². The third-order valence-electron chi connectivity index (χ3n) is 4.83. The third kappa shape index (κ3) is 3.03. The largest absolute Gasteiger partial charge is 0.512 e. The van der Waals surface area contributed by atoms with E-state index in [4.69, 9.17) is 4.74 Å². The molecule has 130 valence electrons. The summed E-state index contributed by atoms with van der Waals surface area (Å²) in [6, 6.07) is 10.2. The van der Waals surface area contributed by atoms with Crippen molar-refractivity contribution in [2.24, 2.45) is 0 Å². The lowest BCUT2D eigenvalue weighted by molar-refractivity contribution is -0.119. The molecule has 0 radical (unpaired) electrons. The lowest BCUT2D eigenvalue weighted by Gasteiger charge is -2.37. The Kier molecular flexibility index (Phi) is 4.23. The van der Waals surface area contributed by atoms with Gasteiger partial charge in [0.05, 0.1) is 18.8 Å². The first-order valence-corrected chi connectivity index (χ1v) is 9.29. The summed E-state index contributed by atoms with van der Waals surface area (Å²) in [6.07, 6.45) is 1.61. The molecule has 1 amide bonds. The molecule has 1 fully saturated rings. The summed E-state index contributed by atoms with van der Waals surface area (Å²) in [7, 11) is 0. The second kappa shape index (κ2) is 6.54. The fraction of sp³-hybridized carbons (Fsp3) is 0.316. The molecule has 4 rings (SSSR count). The van der Waals surface area contributed by atoms with Crippen LogP contribution in [-0.4, -0.2) is 37.3 Å². The molecule has 2 aliphatic rings. The first-order valence-electron chi connectivity index (χ1n) is 8.35. The molecule has 25 heavy (non-hydrogen) atoms. The zero-order chi connectivity index (χ0) is 17.3. The number of morpholine rings is 1. The number of thiophene rings is 1. The highest BCUT2D eigenvalue weighted by molar-refractivity contribution is 7.08. The molecule has 0 aliphatic carbocycles. The monoisotopic (exact) mass is 356 g/mol. The molecule has 1 atom stereocenters. The van der Waals surface area contributed by atoms with Gasteiger partial charge in [-0.1, -0.05) is 12.1 Å². The minimum atomic E-state index is -0.723. The van der Waals surface area contributed by atoms with Gasteiger partial charge in [0.15, 0.2) is 0 Å². The average Bonchev–Trinajstić information content (AvgIpc) is 3.17. The zero-order valence-electron chi connectivity index (χ0n) is 13.8. The van der Waals surface area contributed by atoms with E-state index >= 15 is 0 Å². The maximum atomic E-state index is 12.1. The van der Waals surface area contributed by atoms with Crippen LogP contribution in [0.4, 0.5) is 5.69 Å². The summed E-state index contributed by atoms with van der Waals surface area (Å²) in [6.45, 7) is 3.26. The lowest BCUT2D eigenvalue weighted by Crippen LogP contribution is -2.49. The third-order valence-corrected chi connectivity index (χ3v) is 5.51. The van der Waals surface area contributed by atoms with Crippen LogP contribution in [0.25, 0.3) is 0 Å². The Hall–Kier alpha value is -2.31. The van der Waals surface area contributed by atoms with Gasteiger partial charge in [0.1, 0.15) is 5.76 Å². The number of anilines is 1. The van der Waals surface area contributed by atoms with Crippen molar-refractivity contribution in [3.63, 3.8) is 0 Å². The van der Waals surface area contributed by atoms with Gasteiger partial charge in [-0.25, -0.2) is 0 Å². The van der Waals surface area contributed by atoms with Gasteiger partial charge in [-0.2, -0.15) is 11.3 Å². The van der Waals surface area contributed by atoms with Crippen LogP contribution in [0, 0.1) is 0 Å². The number of nitrogens with zero attached hydrogens (tertiary/aromatic N) is 1. The molecule has 2 aromatic rings. The molecule has 2 aliphatic heterocycles. The molecule has 6 heteroatoms. The number of rotatable bonds is 3. The number of benzene rings is 1. The molecule has 0 bridgehead atoms. The fourth-order valence-corrected chi connectivity index (χ4v) is 4.30. The normalized spacial score (nSPS) is 23.9. The summed E-state index contributed by atoms with van der Waals surface area (Å²) in [5, 5.41) is 17.2. The number of carbonyl (C=O) groups excluding carboxylic acids is 1. The summed E-state index contributed by atoms with van der Waals surface area (Å²) >= 11 is 1.58. The highest BCUT2D eigenvalue weighted by Crippen LogP contribution is 2.39. The van der Waals surface area contributed by atoms with Crippen LogP contribution in [0.15, 0.2) is 52.9 Å². The van der Waals surface area contributed by atoms with E-state index in [1.807, 2.05) is 29.0 Å². The molecule has 0 unspecified atom stereocenters. The van der Waals surface area contributed by atoms with E-state index in [0.717, 1.165) is 43.1 Å². The maximum Gasteiger partial charge on any atom is 0.248 e. The molecular weight excluding hydrogens is 336 g/mol. The number of nitrogens with one attached hydrogen (secondary N) is 1. The Labute approximate surface area is 150 Å². The standard InChI is InChI=1S/C19H20N2O3S/c22-17-11-18(23)20-19(12-17,15-5-10-25-13-15)14-1-3-16(4-2-14)21-6-8-24-9-7-21/h1-5,10-11,13,22H,6-9,12H2,(H,20,23)/t19-/m1/s1. The van der Waals surface area contributed by atoms with Crippen LogP contribution in [0.2, 0.25) is 0 Å². The minimum Gasteiger partial charge on any atom is -0.512 e. The van der Waals surface area contributed by atoms with Crippen molar-refractivity contribution in [1.82, 2.24) is 5.32 Å². The van der Waals surface area contributed by atoms with E-state index in [2.05, 4.69) is 22.3 Å². The quantitative estimate of drug-likeness (QED) is 0.888. The number of hydrogen-bond acceptors (Lipinski definition) is 5. The number of hydrogen-bond donors (Lipinski definition) is 2. The van der Waals surface area contributed by atoms with Crippen molar-refractivity contribution in [1.29, 1.82) is 0 Å². The van der Waals surface area contributed by atoms with Crippen molar-refractivity contribution in [2.45, 2.75) is 12.0 Å². The SMILES string of the molecule is O=C1C=C(O)C[C@@](c2ccc(N3CCOCC3)cc2)(c2ccsc2)N1. The first kappa shape index (κ1) is 16.2. The molecule has 5 nitrogen and oxygen atoms in total. The number of aliphatic hydroxyl groups excluding tert-OH is 1. The van der Waals surface area contributed by atoms with E-state index < -0.39 is 5.54 Å². The van der Waals surface area contributed by atoms with E-state index in [1.54, 1.807) is 11.3 Å². The zero-order valence-corrected chi connectivity index (χ0v) is 14.6. The van der Waals surface area contributed by atoms with Crippen LogP contribution in [0.1, 0.15) is 17.5 Å². The fourth-order valence-electron chi connectivity index (χ4n) is 3.57. The predicted molar refractivity (Wildman–Crippen MR) is 98.0 cm³/mol. The van der Waals surface area contributed by atoms with Gasteiger partial charge in [-0.3, -0.25) is 4.79 Å². The van der Waals surface area contributed by atoms with Crippen LogP contribution in [0.3, 0.4) is 0 Å². The molecule has 0 spiro atoms. The molecule has 1 aromatic heterocycles. The summed E-state index contributed by atoms with van der Waals surface area (Å²) in [4.78, 5) is 14.4. The topological polar surface area (TPSA) is 61.8 Å². The van der Waals surface area contributed by atoms with Gasteiger partial charge < -0.3 is 20.1 Å². The van der Waals surface area contributed by atoms with Gasteiger partial charge in [-0.05, 0) is 40.1 Å². The maximum absolute atomic E-state index is 12.1. The lowest BCUT2D eigenvalue weighted by atomic mass is 9.79. The van der Waals surface area contributed by atoms with Crippen LogP contribution in [-0.2, 0) is 15.1 Å². The Balaban J connectivity index is 1.71. The minimum absolute atomic E-state index is 0.104. The molecule has 1 aromatic carbocycles. The predicted octanol–water partition coefficient (Wildman–Crippen LogP) is 2.79. The summed E-state index contributed by atoms with van der Waals surface area (Å²) in [5.74, 6) is -0.167. The van der Waals surface area contributed by atoms with E-state index in [-0.39, 0.29) is 11.7 Å². The van der Waals surface area contributed by atoms with Crippen molar-refractivity contribution < 1.29 is 14.6 Å². The first-order chi connectivity index (χ1) is 12.2. The summed E-state index contributed by atoms with van der Waals surface area (Å²) in [5.41, 5.74) is 2.38. The van der Waals surface area contributed by atoms with Crippen molar-refractivity contribution in [3.8, 4) is 0 Å². The second-order valence-corrected chi connectivity index (χ2v) is 7.15. The van der Waals surface area contributed by atoms with Crippen molar-refractivity contribution >= 4 is 22.9 Å². The Morgan fingerprint density at radius 3 is 2.52 bits per heavy atom. The van der Waals surface area contributed by atoms with Crippen LogP contribution in [0.5, 0.6) is 0 Å². The smallest absolute Gasteiger partial charge is 0.248 e. The average molecular weight is 356 g/mol. The van der Waals surface area contributed by atoms with Crippen molar-refractivity contribution in [2.75, 3.05) is 31.2 Å². The molecule has 1 saturated heterocycles. The Morgan fingerprint density at radius 1 is 1.12 bits per heavy atom. The highest BCUT2D eigenvalue weighted by Gasteiger charge is 2.39. The van der Waals surface area contributed by atoms with E-state index in [9.17, 15) is 9.90 Å². The van der Waals surface area contributed by atoms with Gasteiger partial charge in [0.2, 0.25) is 5.91 Å². The number of ether oxygens (including phenoxy) is 1. The van der Waals surface area contributed by atoms with Gasteiger partial charge in [-0.15, -0.1) is 0 Å². The van der Waals surface area contributed by atoms with Gasteiger partial charge in [0.25, 0.3) is 0 Å². The summed E-state index contributed by atoms with van der Waals surface area (Å²) < 4.78 is 5.41. The van der Waals surface area contributed by atoms with Crippen molar-refractivity contribution in [3.05, 3.63) is 64.1 Å². The molecule has 3 heterocycles. The number of amides is 1. The van der Waals surface area contributed by atoms with E-state index in [1.165, 1.54) is 6.08 Å². The molecule has 0 saturated carbocycles.